The summed E-state index contributed by atoms with van der Waals surface area (Å²) in [6, 6.07) is 7.15. The molecule has 34 heavy (non-hydrogen) atoms. The van der Waals surface area contributed by atoms with Crippen LogP contribution in [0.4, 0.5) is 0 Å². The highest BCUT2D eigenvalue weighted by Gasteiger charge is 2.30. The van der Waals surface area contributed by atoms with Crippen LogP contribution in [0.1, 0.15) is 109 Å². The lowest BCUT2D eigenvalue weighted by molar-refractivity contribution is -0.141. The fraction of sp³-hybridized carbons (Fsp3) is 0.552. The van der Waals surface area contributed by atoms with Crippen LogP contribution in [0.25, 0.3) is 0 Å². The van der Waals surface area contributed by atoms with Crippen LogP contribution in [-0.2, 0) is 27.5 Å². The predicted molar refractivity (Wildman–Crippen MR) is 137 cm³/mol. The average Bonchev–Trinajstić information content (AvgIpc) is 2.65. The first kappa shape index (κ1) is 27.7. The number of hydrogen-bond donors (Lipinski definition) is 4. The molecule has 2 aromatic rings. The summed E-state index contributed by atoms with van der Waals surface area (Å²) in [6.07, 6.45) is -0.863. The maximum Gasteiger partial charge on any atom is 0.306 e. The van der Waals surface area contributed by atoms with Crippen molar-refractivity contribution in [3.05, 3.63) is 57.6 Å². The number of aliphatic hydroxyl groups is 1. The van der Waals surface area contributed by atoms with E-state index in [4.69, 9.17) is 0 Å². The zero-order valence-electron chi connectivity index (χ0n) is 22.4. The molecular weight excluding hydrogens is 428 g/mol. The number of carboxylic acids is 1. The van der Waals surface area contributed by atoms with Crippen molar-refractivity contribution in [2.75, 3.05) is 0 Å². The zero-order valence-corrected chi connectivity index (χ0v) is 22.4. The third-order valence-electron chi connectivity index (χ3n) is 6.33. The molecule has 0 bridgehead atoms. The molecule has 2 atom stereocenters. The van der Waals surface area contributed by atoms with Crippen molar-refractivity contribution in [1.29, 1.82) is 0 Å². The summed E-state index contributed by atoms with van der Waals surface area (Å²) in [7, 11) is 0. The van der Waals surface area contributed by atoms with Crippen LogP contribution in [-0.4, -0.2) is 26.4 Å². The molecule has 0 fully saturated rings. The van der Waals surface area contributed by atoms with Gasteiger partial charge in [0.05, 0.1) is 5.92 Å². The molecule has 0 aromatic heterocycles. The Morgan fingerprint density at radius 3 is 1.56 bits per heavy atom. The highest BCUT2D eigenvalue weighted by Crippen LogP contribution is 2.44. The Kier molecular flexibility index (Phi) is 7.54. The fourth-order valence-corrected chi connectivity index (χ4v) is 4.20. The van der Waals surface area contributed by atoms with Crippen molar-refractivity contribution in [3.8, 4) is 11.5 Å². The monoisotopic (exact) mass is 470 g/mol. The lowest BCUT2D eigenvalue weighted by Crippen LogP contribution is -2.19. The Balaban J connectivity index is 2.80. The van der Waals surface area contributed by atoms with Gasteiger partial charge >= 0.3 is 5.97 Å². The molecule has 5 nitrogen and oxygen atoms in total. The van der Waals surface area contributed by atoms with E-state index in [1.54, 1.807) is 25.1 Å². The molecule has 2 unspecified atom stereocenters. The molecule has 2 rings (SSSR count). The van der Waals surface area contributed by atoms with Gasteiger partial charge in [0, 0.05) is 5.56 Å². The molecule has 0 aliphatic rings. The van der Waals surface area contributed by atoms with Crippen molar-refractivity contribution < 1.29 is 25.2 Å². The number of benzene rings is 2. The second-order valence-corrected chi connectivity index (χ2v) is 12.6. The van der Waals surface area contributed by atoms with Crippen LogP contribution < -0.4 is 0 Å². The Hall–Kier alpha value is -2.53. The Labute approximate surface area is 204 Å². The first-order chi connectivity index (χ1) is 15.2. The maximum atomic E-state index is 11.5. The molecule has 0 heterocycles. The topological polar surface area (TPSA) is 98.0 Å². The van der Waals surface area contributed by atoms with E-state index < -0.39 is 23.4 Å². The highest BCUT2D eigenvalue weighted by molar-refractivity contribution is 5.70. The van der Waals surface area contributed by atoms with Crippen LogP contribution in [0.15, 0.2) is 24.3 Å². The first-order valence-electron chi connectivity index (χ1n) is 11.9. The van der Waals surface area contributed by atoms with Crippen LogP contribution in [0, 0.1) is 5.92 Å². The second-order valence-electron chi connectivity index (χ2n) is 12.6. The van der Waals surface area contributed by atoms with Crippen molar-refractivity contribution in [2.45, 2.75) is 98.0 Å². The third kappa shape index (κ3) is 5.93. The minimum atomic E-state index is -1.15. The number of aromatic hydroxyl groups is 2. The van der Waals surface area contributed by atoms with Gasteiger partial charge < -0.3 is 20.4 Å². The Morgan fingerprint density at radius 2 is 1.18 bits per heavy atom. The van der Waals surface area contributed by atoms with E-state index in [1.165, 1.54) is 0 Å². The summed E-state index contributed by atoms with van der Waals surface area (Å²) >= 11 is 0. The van der Waals surface area contributed by atoms with Crippen molar-refractivity contribution in [1.82, 2.24) is 0 Å². The van der Waals surface area contributed by atoms with Crippen molar-refractivity contribution >= 4 is 5.97 Å². The van der Waals surface area contributed by atoms with Gasteiger partial charge in [-0.15, -0.1) is 0 Å². The summed E-state index contributed by atoms with van der Waals surface area (Å²) in [5, 5.41) is 43.2. The molecule has 2 aromatic carbocycles. The van der Waals surface area contributed by atoms with Crippen LogP contribution in [0.3, 0.4) is 0 Å². The molecule has 0 spiro atoms. The summed E-state index contributed by atoms with van der Waals surface area (Å²) in [6.45, 7) is 19.6. The second kappa shape index (κ2) is 9.26. The zero-order chi connectivity index (χ0) is 26.4. The van der Waals surface area contributed by atoms with E-state index in [0.717, 1.165) is 16.7 Å². The molecule has 0 saturated heterocycles. The smallest absolute Gasteiger partial charge is 0.306 e. The van der Waals surface area contributed by atoms with E-state index in [-0.39, 0.29) is 28.7 Å². The highest BCUT2D eigenvalue weighted by atomic mass is 16.4. The molecule has 0 aliphatic heterocycles. The maximum absolute atomic E-state index is 11.5. The number of aliphatic hydroxyl groups excluding tert-OH is 1. The standard InChI is InChI=1S/C29H42O5/c1-16(26(33)34)11-17-12-19(24(31)20(13-17)27(2,3)4)23(30)18-14-21(28(5,6)7)25(32)22(15-18)29(8,9)10/h12-16,23,30-32H,11H2,1-10H3,(H,33,34). The third-order valence-corrected chi connectivity index (χ3v) is 6.33. The number of rotatable bonds is 5. The molecular formula is C29H42O5. The van der Waals surface area contributed by atoms with Gasteiger partial charge in [-0.3, -0.25) is 4.79 Å². The van der Waals surface area contributed by atoms with Gasteiger partial charge in [-0.05, 0) is 68.7 Å². The molecule has 0 amide bonds. The molecule has 4 N–H and O–H groups in total. The number of aliphatic carboxylic acids is 1. The van der Waals surface area contributed by atoms with E-state index in [9.17, 15) is 25.2 Å². The number of hydrogen-bond acceptors (Lipinski definition) is 4. The fourth-order valence-electron chi connectivity index (χ4n) is 4.20. The van der Waals surface area contributed by atoms with Gasteiger partial charge in [0.2, 0.25) is 0 Å². The Morgan fingerprint density at radius 1 is 0.765 bits per heavy atom. The summed E-state index contributed by atoms with van der Waals surface area (Å²) < 4.78 is 0. The lowest BCUT2D eigenvalue weighted by atomic mass is 9.77. The number of carbonyl (C=O) groups is 1. The van der Waals surface area contributed by atoms with Crippen molar-refractivity contribution in [2.24, 2.45) is 5.92 Å². The first-order valence-corrected chi connectivity index (χ1v) is 11.9. The summed E-state index contributed by atoms with van der Waals surface area (Å²) in [5.74, 6) is -1.26. The van der Waals surface area contributed by atoms with Gasteiger partial charge in [0.25, 0.3) is 0 Å². The van der Waals surface area contributed by atoms with Crippen LogP contribution >= 0.6 is 0 Å². The Bertz CT molecular complexity index is 1030. The van der Waals surface area contributed by atoms with Gasteiger partial charge in [-0.25, -0.2) is 0 Å². The van der Waals surface area contributed by atoms with Crippen LogP contribution in [0.2, 0.25) is 0 Å². The van der Waals surface area contributed by atoms with Crippen molar-refractivity contribution in [3.63, 3.8) is 0 Å². The minimum absolute atomic E-state index is 0.00872. The number of phenolic OH excluding ortho intramolecular Hbond substituents is 2. The van der Waals surface area contributed by atoms with E-state index in [1.807, 2.05) is 68.4 Å². The minimum Gasteiger partial charge on any atom is -0.507 e. The number of phenols is 2. The van der Waals surface area contributed by atoms with E-state index in [0.29, 0.717) is 16.7 Å². The van der Waals surface area contributed by atoms with E-state index in [2.05, 4.69) is 0 Å². The quantitative estimate of drug-likeness (QED) is 0.409. The summed E-state index contributed by atoms with van der Waals surface area (Å²) in [4.78, 5) is 11.5. The van der Waals surface area contributed by atoms with Gasteiger partial charge in [0.15, 0.2) is 0 Å². The van der Waals surface area contributed by atoms with Gasteiger partial charge in [-0.2, -0.15) is 0 Å². The molecule has 0 radical (unpaired) electrons. The lowest BCUT2D eigenvalue weighted by Gasteiger charge is -2.30. The van der Waals surface area contributed by atoms with Gasteiger partial charge in [0.1, 0.15) is 17.6 Å². The molecule has 5 heteroatoms. The van der Waals surface area contributed by atoms with Gasteiger partial charge in [-0.1, -0.05) is 75.3 Å². The summed E-state index contributed by atoms with van der Waals surface area (Å²) in [5.41, 5.74) is 2.62. The number of carboxylic acid groups (broad SMARTS) is 1. The largest absolute Gasteiger partial charge is 0.507 e. The average molecular weight is 471 g/mol. The SMILES string of the molecule is CC(Cc1cc(C(O)c2cc(C(C)(C)C)c(O)c(C(C)(C)C)c2)c(O)c(C(C)(C)C)c1)C(=O)O. The van der Waals surface area contributed by atoms with E-state index >= 15 is 0 Å². The predicted octanol–water partition coefficient (Wildman–Crippen LogP) is 6.34. The molecule has 0 saturated carbocycles. The van der Waals surface area contributed by atoms with Crippen LogP contribution in [0.5, 0.6) is 11.5 Å². The molecule has 0 aliphatic carbocycles. The molecule has 188 valence electrons. The normalized spacial score (nSPS) is 14.7.